The van der Waals surface area contributed by atoms with Gasteiger partial charge in [-0.05, 0) is 136 Å². The minimum atomic E-state index is -0.425. The first-order valence-electron chi connectivity index (χ1n) is 13.7. The molecule has 3 nitrogen and oxygen atoms in total. The van der Waals surface area contributed by atoms with E-state index in [4.69, 9.17) is 4.74 Å². The van der Waals surface area contributed by atoms with Gasteiger partial charge < -0.3 is 14.7 Å². The van der Waals surface area contributed by atoms with Crippen molar-refractivity contribution in [2.75, 3.05) is 25.6 Å². The van der Waals surface area contributed by atoms with Gasteiger partial charge in [0.25, 0.3) is 0 Å². The van der Waals surface area contributed by atoms with Gasteiger partial charge in [0.05, 0.1) is 12.2 Å². The van der Waals surface area contributed by atoms with Crippen LogP contribution in [0.4, 0.5) is 5.69 Å². The summed E-state index contributed by atoms with van der Waals surface area (Å²) in [6.45, 7) is 8.17. The second kappa shape index (κ2) is 8.47. The number of rotatable bonds is 5. The molecule has 1 aromatic rings. The predicted octanol–water partition coefficient (Wildman–Crippen LogP) is 6.93. The first-order chi connectivity index (χ1) is 15.6. The quantitative estimate of drug-likeness (QED) is 0.524. The Morgan fingerprint density at radius 2 is 1.61 bits per heavy atom. The van der Waals surface area contributed by atoms with E-state index in [0.29, 0.717) is 10.8 Å². The van der Waals surface area contributed by atoms with Crippen LogP contribution in [0.2, 0.25) is 0 Å². The Morgan fingerprint density at radius 1 is 0.879 bits per heavy atom. The maximum absolute atomic E-state index is 10.7. The van der Waals surface area contributed by atoms with Crippen LogP contribution in [0.1, 0.15) is 85.0 Å². The molecule has 8 atom stereocenters. The lowest BCUT2D eigenvalue weighted by molar-refractivity contribution is -0.146. The minimum Gasteiger partial charge on any atom is -0.494 e. The molecule has 1 aromatic carbocycles. The van der Waals surface area contributed by atoms with E-state index in [-0.39, 0.29) is 0 Å². The third-order valence-corrected chi connectivity index (χ3v) is 11.2. The molecule has 0 unspecified atom stereocenters. The molecular weight excluding hydrogens is 406 g/mol. The first-order valence-corrected chi connectivity index (χ1v) is 13.7. The summed E-state index contributed by atoms with van der Waals surface area (Å²) in [6.07, 6.45) is 12.8. The van der Waals surface area contributed by atoms with Crippen molar-refractivity contribution in [3.05, 3.63) is 24.3 Å². The van der Waals surface area contributed by atoms with Gasteiger partial charge in [-0.15, -0.1) is 0 Å². The van der Waals surface area contributed by atoms with Crippen molar-refractivity contribution in [1.29, 1.82) is 0 Å². The lowest BCUT2D eigenvalue weighted by Crippen LogP contribution is -2.55. The molecule has 0 spiro atoms. The lowest BCUT2D eigenvalue weighted by Gasteiger charge is -2.62. The zero-order valence-corrected chi connectivity index (χ0v) is 21.8. The van der Waals surface area contributed by atoms with Gasteiger partial charge >= 0.3 is 0 Å². The highest BCUT2D eigenvalue weighted by Gasteiger charge is 2.60. The van der Waals surface area contributed by atoms with Gasteiger partial charge in [-0.3, -0.25) is 0 Å². The number of anilines is 1. The van der Waals surface area contributed by atoms with E-state index in [1.54, 1.807) is 0 Å². The Labute approximate surface area is 202 Å². The van der Waals surface area contributed by atoms with Gasteiger partial charge in [0, 0.05) is 19.8 Å². The molecule has 33 heavy (non-hydrogen) atoms. The molecule has 0 heterocycles. The normalized spacial score (nSPS) is 44.5. The summed E-state index contributed by atoms with van der Waals surface area (Å²) in [5, 5.41) is 10.7. The zero-order valence-electron chi connectivity index (χ0n) is 21.8. The third-order valence-electron chi connectivity index (χ3n) is 11.2. The Morgan fingerprint density at radius 3 is 2.33 bits per heavy atom. The van der Waals surface area contributed by atoms with Gasteiger partial charge in [-0.2, -0.15) is 0 Å². The molecule has 0 aliphatic heterocycles. The Hall–Kier alpha value is -1.22. The molecule has 0 bridgehead atoms. The van der Waals surface area contributed by atoms with Crippen LogP contribution in [0, 0.1) is 40.4 Å². The Bertz CT molecular complexity index is 832. The second-order valence-electron chi connectivity index (χ2n) is 13.2. The Balaban J connectivity index is 1.22. The molecule has 4 saturated carbocycles. The number of ether oxygens (including phenoxy) is 1. The molecule has 0 saturated heterocycles. The molecule has 5 rings (SSSR count). The monoisotopic (exact) mass is 453 g/mol. The van der Waals surface area contributed by atoms with Crippen molar-refractivity contribution in [1.82, 2.24) is 0 Å². The fourth-order valence-electron chi connectivity index (χ4n) is 9.17. The van der Waals surface area contributed by atoms with E-state index in [2.05, 4.69) is 64.0 Å². The summed E-state index contributed by atoms with van der Waals surface area (Å²) in [7, 11) is 4.15. The highest BCUT2D eigenvalue weighted by molar-refractivity contribution is 5.47. The largest absolute Gasteiger partial charge is 0.494 e. The van der Waals surface area contributed by atoms with Crippen molar-refractivity contribution < 1.29 is 9.84 Å². The van der Waals surface area contributed by atoms with Crippen molar-refractivity contribution in [3.63, 3.8) is 0 Å². The summed E-state index contributed by atoms with van der Waals surface area (Å²) >= 11 is 0. The molecule has 3 heteroatoms. The van der Waals surface area contributed by atoms with Crippen LogP contribution in [-0.2, 0) is 0 Å². The number of fused-ring (bicyclic) bond motifs is 5. The number of nitrogens with zero attached hydrogens (tertiary/aromatic N) is 1. The van der Waals surface area contributed by atoms with Crippen LogP contribution in [0.15, 0.2) is 24.3 Å². The van der Waals surface area contributed by atoms with Gasteiger partial charge in [0.1, 0.15) is 5.75 Å². The highest BCUT2D eigenvalue weighted by Crippen LogP contribution is 2.68. The van der Waals surface area contributed by atoms with Crippen LogP contribution < -0.4 is 9.64 Å². The Kier molecular flexibility index (Phi) is 6.03. The molecule has 0 radical (unpaired) electrons. The molecule has 1 N–H and O–H groups in total. The summed E-state index contributed by atoms with van der Waals surface area (Å²) in [5.41, 5.74) is 1.76. The molecule has 4 aliphatic carbocycles. The van der Waals surface area contributed by atoms with E-state index >= 15 is 0 Å². The van der Waals surface area contributed by atoms with E-state index in [0.717, 1.165) is 54.8 Å². The number of hydrogen-bond donors (Lipinski definition) is 1. The average molecular weight is 454 g/mol. The van der Waals surface area contributed by atoms with Gasteiger partial charge in [0.15, 0.2) is 0 Å². The summed E-state index contributed by atoms with van der Waals surface area (Å²) in [4.78, 5) is 2.13. The van der Waals surface area contributed by atoms with Crippen molar-refractivity contribution in [3.8, 4) is 5.75 Å². The second-order valence-corrected chi connectivity index (χ2v) is 13.2. The van der Waals surface area contributed by atoms with Crippen LogP contribution >= 0.6 is 0 Å². The first kappa shape index (κ1) is 23.5. The lowest BCUT2D eigenvalue weighted by atomic mass is 9.44. The van der Waals surface area contributed by atoms with E-state index in [1.165, 1.54) is 57.1 Å². The number of benzene rings is 1. The van der Waals surface area contributed by atoms with Gasteiger partial charge in [0.2, 0.25) is 0 Å². The zero-order chi connectivity index (χ0) is 23.4. The molecular formula is C30H47NO2. The summed E-state index contributed by atoms with van der Waals surface area (Å²) < 4.78 is 6.20. The van der Waals surface area contributed by atoms with Crippen LogP contribution in [0.25, 0.3) is 0 Å². The summed E-state index contributed by atoms with van der Waals surface area (Å²) in [6, 6.07) is 8.51. The van der Waals surface area contributed by atoms with Crippen molar-refractivity contribution in [2.24, 2.45) is 40.4 Å². The topological polar surface area (TPSA) is 32.7 Å². The van der Waals surface area contributed by atoms with Gasteiger partial charge in [-0.25, -0.2) is 0 Å². The van der Waals surface area contributed by atoms with E-state index < -0.39 is 5.60 Å². The molecule has 4 fully saturated rings. The molecule has 4 aliphatic rings. The average Bonchev–Trinajstić information content (AvgIpc) is 3.11. The maximum atomic E-state index is 10.7. The van der Waals surface area contributed by atoms with E-state index in [9.17, 15) is 5.11 Å². The SMILES string of the molecule is CN(C)c1ccc(OCC[C@H]2CC[C@H]3[C@@H]4CC[C@H]5C[C@](C)(O)CC[C@]5(C)[C@H]4CC[C@]23C)cc1. The molecule has 0 aromatic heterocycles. The third kappa shape index (κ3) is 4.11. The van der Waals surface area contributed by atoms with Crippen LogP contribution in [0.3, 0.4) is 0 Å². The maximum Gasteiger partial charge on any atom is 0.119 e. The van der Waals surface area contributed by atoms with Crippen molar-refractivity contribution >= 4 is 5.69 Å². The minimum absolute atomic E-state index is 0.425. The van der Waals surface area contributed by atoms with Gasteiger partial charge in [-0.1, -0.05) is 13.8 Å². The summed E-state index contributed by atoms with van der Waals surface area (Å²) in [5.74, 6) is 5.25. The fourth-order valence-corrected chi connectivity index (χ4v) is 9.17. The van der Waals surface area contributed by atoms with Crippen LogP contribution in [0.5, 0.6) is 5.75 Å². The fraction of sp³-hybridized carbons (Fsp3) is 0.800. The smallest absolute Gasteiger partial charge is 0.119 e. The standard InChI is InChI=1S/C30H47NO2/c1-28(32)17-18-30(3)22(20-28)6-12-25-26-13-7-21(29(26,2)16-14-27(25)30)15-19-33-24-10-8-23(9-11-24)31(4)5/h8-11,21-22,25-27,32H,6-7,12-20H2,1-5H3/t21-,22+,25+,26+,27+,28-,29-,30+/m1/s1. The predicted molar refractivity (Wildman–Crippen MR) is 137 cm³/mol. The van der Waals surface area contributed by atoms with Crippen molar-refractivity contribution in [2.45, 2.75) is 90.6 Å². The number of hydrogen-bond acceptors (Lipinski definition) is 3. The number of aliphatic hydroxyl groups is 1. The van der Waals surface area contributed by atoms with E-state index in [1.807, 2.05) is 0 Å². The molecule has 0 amide bonds. The molecule has 184 valence electrons. The van der Waals surface area contributed by atoms with Crippen LogP contribution in [-0.4, -0.2) is 31.4 Å². The highest BCUT2D eigenvalue weighted by atomic mass is 16.5.